The minimum absolute atomic E-state index is 0.00523. The van der Waals surface area contributed by atoms with E-state index in [-0.39, 0.29) is 37.4 Å². The SMILES string of the molecule is O=C(CCNC(=O)c1ccsc1)NC(CCO)c1ccccc1. The number of carbonyl (C=O) groups excluding carboxylic acids is 2. The van der Waals surface area contributed by atoms with E-state index in [9.17, 15) is 9.59 Å². The number of aliphatic hydroxyl groups is 1. The second-order valence-corrected chi connectivity index (χ2v) is 5.84. The summed E-state index contributed by atoms with van der Waals surface area (Å²) in [5.41, 5.74) is 1.56. The predicted molar refractivity (Wildman–Crippen MR) is 90.3 cm³/mol. The lowest BCUT2D eigenvalue weighted by atomic mass is 10.0. The van der Waals surface area contributed by atoms with Crippen LogP contribution in [0.5, 0.6) is 0 Å². The molecule has 2 aromatic rings. The summed E-state index contributed by atoms with van der Waals surface area (Å²) in [6.45, 7) is 0.274. The summed E-state index contributed by atoms with van der Waals surface area (Å²) in [7, 11) is 0. The molecule has 1 aromatic carbocycles. The van der Waals surface area contributed by atoms with Gasteiger partial charge >= 0.3 is 0 Å². The van der Waals surface area contributed by atoms with Crippen LogP contribution >= 0.6 is 11.3 Å². The number of nitrogens with one attached hydrogen (secondary N) is 2. The summed E-state index contributed by atoms with van der Waals surface area (Å²) >= 11 is 1.46. The van der Waals surface area contributed by atoms with Crippen LogP contribution in [0.25, 0.3) is 0 Å². The van der Waals surface area contributed by atoms with Crippen LogP contribution in [0.1, 0.15) is 34.8 Å². The average Bonchev–Trinajstić information content (AvgIpc) is 3.10. The van der Waals surface area contributed by atoms with E-state index in [1.807, 2.05) is 35.7 Å². The molecule has 0 fully saturated rings. The molecule has 0 saturated carbocycles. The Bertz CT molecular complexity index is 614. The van der Waals surface area contributed by atoms with E-state index < -0.39 is 0 Å². The van der Waals surface area contributed by atoms with E-state index in [4.69, 9.17) is 5.11 Å². The molecule has 1 atom stereocenters. The second-order valence-electron chi connectivity index (χ2n) is 5.06. The van der Waals surface area contributed by atoms with Gasteiger partial charge in [0.1, 0.15) is 0 Å². The Morgan fingerprint density at radius 2 is 1.96 bits per heavy atom. The third-order valence-electron chi connectivity index (χ3n) is 3.38. The number of hydrogen-bond donors (Lipinski definition) is 3. The van der Waals surface area contributed by atoms with Crippen LogP contribution < -0.4 is 10.6 Å². The zero-order chi connectivity index (χ0) is 16.5. The van der Waals surface area contributed by atoms with E-state index >= 15 is 0 Å². The van der Waals surface area contributed by atoms with Crippen molar-refractivity contribution in [2.75, 3.05) is 13.2 Å². The Morgan fingerprint density at radius 1 is 1.17 bits per heavy atom. The monoisotopic (exact) mass is 332 g/mol. The number of carbonyl (C=O) groups is 2. The van der Waals surface area contributed by atoms with Crippen LogP contribution in [0, 0.1) is 0 Å². The highest BCUT2D eigenvalue weighted by molar-refractivity contribution is 7.08. The summed E-state index contributed by atoms with van der Waals surface area (Å²) in [4.78, 5) is 23.8. The van der Waals surface area contributed by atoms with E-state index in [0.29, 0.717) is 12.0 Å². The third-order valence-corrected chi connectivity index (χ3v) is 4.06. The highest BCUT2D eigenvalue weighted by Crippen LogP contribution is 2.16. The van der Waals surface area contributed by atoms with Crippen molar-refractivity contribution in [3.8, 4) is 0 Å². The van der Waals surface area contributed by atoms with Crippen LogP contribution in [-0.2, 0) is 4.79 Å². The van der Waals surface area contributed by atoms with Crippen molar-refractivity contribution in [3.63, 3.8) is 0 Å². The molecule has 6 heteroatoms. The molecule has 0 radical (unpaired) electrons. The summed E-state index contributed by atoms with van der Waals surface area (Å²) in [6, 6.07) is 11.0. The summed E-state index contributed by atoms with van der Waals surface area (Å²) in [5, 5.41) is 18.4. The smallest absolute Gasteiger partial charge is 0.252 e. The van der Waals surface area contributed by atoms with Crippen LogP contribution in [-0.4, -0.2) is 30.1 Å². The van der Waals surface area contributed by atoms with E-state index in [2.05, 4.69) is 10.6 Å². The number of amides is 2. The van der Waals surface area contributed by atoms with Crippen molar-refractivity contribution in [2.45, 2.75) is 18.9 Å². The van der Waals surface area contributed by atoms with Gasteiger partial charge in [-0.1, -0.05) is 30.3 Å². The van der Waals surface area contributed by atoms with Gasteiger partial charge < -0.3 is 15.7 Å². The molecular weight excluding hydrogens is 312 g/mol. The first-order valence-electron chi connectivity index (χ1n) is 7.46. The molecule has 2 amide bonds. The van der Waals surface area contributed by atoms with Gasteiger partial charge in [-0.2, -0.15) is 11.3 Å². The van der Waals surface area contributed by atoms with Gasteiger partial charge in [0.2, 0.25) is 5.91 Å². The van der Waals surface area contributed by atoms with Crippen molar-refractivity contribution in [1.82, 2.24) is 10.6 Å². The normalized spacial score (nSPS) is 11.7. The summed E-state index contributed by atoms with van der Waals surface area (Å²) in [5.74, 6) is -0.327. The highest BCUT2D eigenvalue weighted by atomic mass is 32.1. The average molecular weight is 332 g/mol. The van der Waals surface area contributed by atoms with Crippen LogP contribution in [0.3, 0.4) is 0 Å². The zero-order valence-electron chi connectivity index (χ0n) is 12.7. The van der Waals surface area contributed by atoms with Gasteiger partial charge in [0.15, 0.2) is 0 Å². The fraction of sp³-hybridized carbons (Fsp3) is 0.294. The lowest BCUT2D eigenvalue weighted by Gasteiger charge is -2.18. The van der Waals surface area contributed by atoms with Gasteiger partial charge in [-0.05, 0) is 23.4 Å². The topological polar surface area (TPSA) is 78.4 Å². The first-order chi connectivity index (χ1) is 11.2. The lowest BCUT2D eigenvalue weighted by molar-refractivity contribution is -0.121. The fourth-order valence-electron chi connectivity index (χ4n) is 2.19. The maximum atomic E-state index is 12.0. The first-order valence-corrected chi connectivity index (χ1v) is 8.40. The second kappa shape index (κ2) is 9.07. The quantitative estimate of drug-likeness (QED) is 0.693. The predicted octanol–water partition coefficient (Wildman–Crippen LogP) is 2.11. The molecule has 0 spiro atoms. The van der Waals surface area contributed by atoms with Crippen molar-refractivity contribution in [1.29, 1.82) is 0 Å². The molecule has 5 nitrogen and oxygen atoms in total. The molecule has 1 heterocycles. The Balaban J connectivity index is 1.79. The minimum Gasteiger partial charge on any atom is -0.396 e. The Morgan fingerprint density at radius 3 is 2.61 bits per heavy atom. The summed E-state index contributed by atoms with van der Waals surface area (Å²) < 4.78 is 0. The number of aliphatic hydroxyl groups excluding tert-OH is 1. The molecule has 3 N–H and O–H groups in total. The van der Waals surface area contributed by atoms with E-state index in [0.717, 1.165) is 5.56 Å². The molecule has 2 rings (SSSR count). The molecule has 0 aliphatic rings. The number of benzene rings is 1. The lowest BCUT2D eigenvalue weighted by Crippen LogP contribution is -2.33. The largest absolute Gasteiger partial charge is 0.396 e. The van der Waals surface area contributed by atoms with E-state index in [1.165, 1.54) is 11.3 Å². The van der Waals surface area contributed by atoms with E-state index in [1.54, 1.807) is 11.4 Å². The summed E-state index contributed by atoms with van der Waals surface area (Å²) in [6.07, 6.45) is 0.654. The zero-order valence-corrected chi connectivity index (χ0v) is 13.5. The van der Waals surface area contributed by atoms with Crippen LogP contribution in [0.2, 0.25) is 0 Å². The number of rotatable bonds is 8. The van der Waals surface area contributed by atoms with Gasteiger partial charge in [0.05, 0.1) is 6.04 Å². The molecule has 23 heavy (non-hydrogen) atoms. The minimum atomic E-state index is -0.221. The maximum absolute atomic E-state index is 12.0. The van der Waals surface area contributed by atoms with Gasteiger partial charge in [-0.3, -0.25) is 9.59 Å². The molecule has 0 saturated heterocycles. The molecular formula is C17H20N2O3S. The molecule has 0 aliphatic carbocycles. The fourth-order valence-corrected chi connectivity index (χ4v) is 2.82. The molecule has 122 valence electrons. The Labute approximate surface area is 139 Å². The first kappa shape index (κ1) is 17.2. The molecule has 1 unspecified atom stereocenters. The molecule has 0 bridgehead atoms. The molecule has 0 aliphatic heterocycles. The third kappa shape index (κ3) is 5.50. The number of thiophene rings is 1. The van der Waals surface area contributed by atoms with Crippen LogP contribution in [0.15, 0.2) is 47.2 Å². The maximum Gasteiger partial charge on any atom is 0.252 e. The van der Waals surface area contributed by atoms with Crippen molar-refractivity contribution >= 4 is 23.2 Å². The highest BCUT2D eigenvalue weighted by Gasteiger charge is 2.14. The van der Waals surface area contributed by atoms with Crippen molar-refractivity contribution in [2.24, 2.45) is 0 Å². The standard InChI is InChI=1S/C17H20N2O3S/c20-10-7-15(13-4-2-1-3-5-13)19-16(21)6-9-18-17(22)14-8-11-23-12-14/h1-5,8,11-12,15,20H,6-7,9-10H2,(H,18,22)(H,19,21). The Hall–Kier alpha value is -2.18. The van der Waals surface area contributed by atoms with Gasteiger partial charge in [-0.15, -0.1) is 0 Å². The Kier molecular flexibility index (Phi) is 6.77. The van der Waals surface area contributed by atoms with Crippen molar-refractivity contribution in [3.05, 3.63) is 58.3 Å². The van der Waals surface area contributed by atoms with Gasteiger partial charge in [0.25, 0.3) is 5.91 Å². The van der Waals surface area contributed by atoms with Crippen LogP contribution in [0.4, 0.5) is 0 Å². The van der Waals surface area contributed by atoms with Crippen molar-refractivity contribution < 1.29 is 14.7 Å². The van der Waals surface area contributed by atoms with Gasteiger partial charge in [-0.25, -0.2) is 0 Å². The van der Waals surface area contributed by atoms with Gasteiger partial charge in [0, 0.05) is 30.5 Å². The number of hydrogen-bond acceptors (Lipinski definition) is 4. The molecule has 1 aromatic heterocycles.